The summed E-state index contributed by atoms with van der Waals surface area (Å²) in [5.41, 5.74) is 1.57. The van der Waals surface area contributed by atoms with Crippen LogP contribution in [0.4, 0.5) is 0 Å². The molecule has 0 atom stereocenters. The van der Waals surface area contributed by atoms with E-state index in [9.17, 15) is 13.2 Å². The van der Waals surface area contributed by atoms with Gasteiger partial charge in [0.2, 0.25) is 10.0 Å². The Morgan fingerprint density at radius 3 is 2.42 bits per heavy atom. The fraction of sp³-hybridized carbons (Fsp3) is 0.217. The average Bonchev–Trinajstić information content (AvgIpc) is 2.84. The summed E-state index contributed by atoms with van der Waals surface area (Å²) in [4.78, 5) is 18.7. The number of nitrogens with zero attached hydrogens (tertiary/aromatic N) is 3. The number of pyridine rings is 1. The van der Waals surface area contributed by atoms with Crippen molar-refractivity contribution in [1.82, 2.24) is 14.2 Å². The van der Waals surface area contributed by atoms with Crippen molar-refractivity contribution in [3.05, 3.63) is 90.3 Å². The third-order valence-electron chi connectivity index (χ3n) is 5.13. The van der Waals surface area contributed by atoms with Gasteiger partial charge in [-0.25, -0.2) is 8.42 Å². The predicted molar refractivity (Wildman–Crippen MR) is 116 cm³/mol. The Bertz CT molecular complexity index is 1130. The molecule has 1 saturated heterocycles. The van der Waals surface area contributed by atoms with Crippen molar-refractivity contribution in [1.29, 1.82) is 0 Å². The van der Waals surface area contributed by atoms with Crippen LogP contribution >= 0.6 is 0 Å². The number of amides is 1. The van der Waals surface area contributed by atoms with Gasteiger partial charge in [0.25, 0.3) is 5.91 Å². The van der Waals surface area contributed by atoms with E-state index < -0.39 is 10.0 Å². The fourth-order valence-corrected chi connectivity index (χ4v) is 4.81. The highest BCUT2D eigenvalue weighted by Gasteiger charge is 2.30. The molecular formula is C23H23N3O4S. The highest BCUT2D eigenvalue weighted by atomic mass is 32.2. The Kier molecular flexibility index (Phi) is 6.29. The summed E-state index contributed by atoms with van der Waals surface area (Å²) in [5.74, 6) is 0.482. The summed E-state index contributed by atoms with van der Waals surface area (Å²) < 4.78 is 32.7. The molecule has 2 heterocycles. The van der Waals surface area contributed by atoms with Crippen LogP contribution in [-0.2, 0) is 16.6 Å². The van der Waals surface area contributed by atoms with Crippen LogP contribution in [0.5, 0.6) is 5.75 Å². The van der Waals surface area contributed by atoms with Crippen LogP contribution in [0.1, 0.15) is 15.9 Å². The molecule has 3 aromatic rings. The van der Waals surface area contributed by atoms with E-state index in [1.165, 1.54) is 22.8 Å². The molecule has 160 valence electrons. The number of hydrogen-bond acceptors (Lipinski definition) is 5. The van der Waals surface area contributed by atoms with Crippen molar-refractivity contribution in [2.45, 2.75) is 11.5 Å². The molecule has 0 saturated carbocycles. The van der Waals surface area contributed by atoms with Gasteiger partial charge in [-0.05, 0) is 35.9 Å². The minimum Gasteiger partial charge on any atom is -0.489 e. The van der Waals surface area contributed by atoms with E-state index in [4.69, 9.17) is 4.74 Å². The summed E-state index contributed by atoms with van der Waals surface area (Å²) in [6.45, 7) is 1.56. The maximum atomic E-state index is 12.9. The molecule has 1 aliphatic heterocycles. The summed E-state index contributed by atoms with van der Waals surface area (Å²) >= 11 is 0. The van der Waals surface area contributed by atoms with Gasteiger partial charge in [0.1, 0.15) is 17.3 Å². The second-order valence-electron chi connectivity index (χ2n) is 7.19. The third kappa shape index (κ3) is 4.92. The van der Waals surface area contributed by atoms with Crippen molar-refractivity contribution < 1.29 is 17.9 Å². The number of ether oxygens (including phenoxy) is 1. The Balaban J connectivity index is 1.37. The number of rotatable bonds is 6. The minimum atomic E-state index is -3.60. The molecule has 8 heteroatoms. The van der Waals surface area contributed by atoms with Gasteiger partial charge in [-0.15, -0.1) is 0 Å². The molecule has 0 bridgehead atoms. The summed E-state index contributed by atoms with van der Waals surface area (Å²) in [6.07, 6.45) is 2.88. The van der Waals surface area contributed by atoms with Gasteiger partial charge >= 0.3 is 0 Å². The predicted octanol–water partition coefficient (Wildman–Crippen LogP) is 2.81. The maximum Gasteiger partial charge on any atom is 0.254 e. The average molecular weight is 438 g/mol. The zero-order valence-corrected chi connectivity index (χ0v) is 17.7. The van der Waals surface area contributed by atoms with Gasteiger partial charge in [-0.3, -0.25) is 9.78 Å². The smallest absolute Gasteiger partial charge is 0.254 e. The first-order chi connectivity index (χ1) is 15.0. The number of aromatic nitrogens is 1. The lowest BCUT2D eigenvalue weighted by Gasteiger charge is -2.34. The molecule has 0 N–H and O–H groups in total. The van der Waals surface area contributed by atoms with Crippen molar-refractivity contribution in [2.24, 2.45) is 0 Å². The lowest BCUT2D eigenvalue weighted by Crippen LogP contribution is -2.50. The van der Waals surface area contributed by atoms with Gasteiger partial charge < -0.3 is 9.64 Å². The topological polar surface area (TPSA) is 79.8 Å². The number of hydrogen-bond donors (Lipinski definition) is 0. The first-order valence-corrected chi connectivity index (χ1v) is 11.4. The van der Waals surface area contributed by atoms with E-state index in [2.05, 4.69) is 4.98 Å². The van der Waals surface area contributed by atoms with E-state index in [0.717, 1.165) is 5.56 Å². The highest BCUT2D eigenvalue weighted by Crippen LogP contribution is 2.20. The van der Waals surface area contributed by atoms with Crippen molar-refractivity contribution in [3.63, 3.8) is 0 Å². The van der Waals surface area contributed by atoms with Crippen molar-refractivity contribution >= 4 is 15.9 Å². The molecular weight excluding hydrogens is 414 g/mol. The molecule has 0 radical (unpaired) electrons. The van der Waals surface area contributed by atoms with Crippen LogP contribution in [0.15, 0.2) is 84.0 Å². The second-order valence-corrected chi connectivity index (χ2v) is 9.13. The number of sulfonamides is 1. The van der Waals surface area contributed by atoms with Crippen LogP contribution < -0.4 is 4.74 Å². The third-order valence-corrected chi connectivity index (χ3v) is 7.01. The van der Waals surface area contributed by atoms with Crippen LogP contribution in [0.25, 0.3) is 0 Å². The number of benzene rings is 2. The SMILES string of the molecule is O=C(c1cccc(OCc2ccccc2)c1)N1CCN(S(=O)(=O)c2cccnc2)CC1. The lowest BCUT2D eigenvalue weighted by molar-refractivity contribution is 0.0697. The van der Waals surface area contributed by atoms with Gasteiger partial charge in [-0.2, -0.15) is 4.31 Å². The quantitative estimate of drug-likeness (QED) is 0.593. The van der Waals surface area contributed by atoms with Crippen LogP contribution in [0.2, 0.25) is 0 Å². The molecule has 1 aromatic heterocycles. The largest absolute Gasteiger partial charge is 0.489 e. The van der Waals surface area contributed by atoms with Gasteiger partial charge in [0.05, 0.1) is 0 Å². The first kappa shape index (κ1) is 21.0. The minimum absolute atomic E-state index is 0.136. The zero-order valence-electron chi connectivity index (χ0n) is 16.9. The van der Waals surface area contributed by atoms with Gasteiger partial charge in [-0.1, -0.05) is 36.4 Å². The lowest BCUT2D eigenvalue weighted by atomic mass is 10.1. The number of piperazine rings is 1. The maximum absolute atomic E-state index is 12.9. The van der Waals surface area contributed by atoms with E-state index in [1.807, 2.05) is 36.4 Å². The van der Waals surface area contributed by atoms with Crippen LogP contribution in [0, 0.1) is 0 Å². The van der Waals surface area contributed by atoms with Crippen LogP contribution in [0.3, 0.4) is 0 Å². The van der Waals surface area contributed by atoms with Gasteiger partial charge in [0, 0.05) is 44.1 Å². The Morgan fingerprint density at radius 1 is 0.935 bits per heavy atom. The molecule has 7 nitrogen and oxygen atoms in total. The summed E-state index contributed by atoms with van der Waals surface area (Å²) in [7, 11) is -3.60. The summed E-state index contributed by atoms with van der Waals surface area (Å²) in [5, 5.41) is 0. The van der Waals surface area contributed by atoms with E-state index in [-0.39, 0.29) is 23.9 Å². The van der Waals surface area contributed by atoms with Crippen LogP contribution in [-0.4, -0.2) is 54.7 Å². The molecule has 2 aromatic carbocycles. The zero-order chi connectivity index (χ0) is 21.7. The molecule has 0 spiro atoms. The molecule has 0 aliphatic carbocycles. The fourth-order valence-electron chi connectivity index (χ4n) is 3.42. The molecule has 31 heavy (non-hydrogen) atoms. The second kappa shape index (κ2) is 9.28. The van der Waals surface area contributed by atoms with E-state index >= 15 is 0 Å². The standard InChI is InChI=1S/C23H23N3O4S/c27-23(20-8-4-9-21(16-20)30-18-19-6-2-1-3-7-19)25-12-14-26(15-13-25)31(28,29)22-10-5-11-24-17-22/h1-11,16-17H,12-15,18H2. The monoisotopic (exact) mass is 437 g/mol. The van der Waals surface area contributed by atoms with E-state index in [0.29, 0.717) is 31.0 Å². The molecule has 4 rings (SSSR count). The molecule has 0 unspecified atom stereocenters. The first-order valence-electron chi connectivity index (χ1n) is 10.0. The Labute approximate surface area is 182 Å². The van der Waals surface area contributed by atoms with Crippen molar-refractivity contribution in [3.8, 4) is 5.75 Å². The van der Waals surface area contributed by atoms with Crippen molar-refractivity contribution in [2.75, 3.05) is 26.2 Å². The molecule has 1 aliphatic rings. The normalized spacial score (nSPS) is 14.9. The highest BCUT2D eigenvalue weighted by molar-refractivity contribution is 7.89. The Hall–Kier alpha value is -3.23. The molecule has 1 fully saturated rings. The number of carbonyl (C=O) groups is 1. The molecule has 1 amide bonds. The Morgan fingerprint density at radius 2 is 1.71 bits per heavy atom. The van der Waals surface area contributed by atoms with E-state index in [1.54, 1.807) is 29.2 Å². The summed E-state index contributed by atoms with van der Waals surface area (Å²) in [6, 6.07) is 20.0. The van der Waals surface area contributed by atoms with Gasteiger partial charge in [0.15, 0.2) is 0 Å². The number of carbonyl (C=O) groups excluding carboxylic acids is 1.